The van der Waals surface area contributed by atoms with Gasteiger partial charge in [-0.2, -0.15) is 0 Å². The van der Waals surface area contributed by atoms with Gasteiger partial charge in [0.15, 0.2) is 0 Å². The summed E-state index contributed by atoms with van der Waals surface area (Å²) in [7, 11) is 0. The van der Waals surface area contributed by atoms with E-state index in [0.717, 1.165) is 34.1 Å². The number of benzene rings is 10. The van der Waals surface area contributed by atoms with E-state index in [1.54, 1.807) is 0 Å². The van der Waals surface area contributed by atoms with Crippen molar-refractivity contribution in [3.8, 4) is 5.69 Å². The molecule has 2 heterocycles. The predicted molar refractivity (Wildman–Crippen MR) is 260 cm³/mol. The molecule has 3 nitrogen and oxygen atoms in total. The highest BCUT2D eigenvalue weighted by atomic mass is 15.2. The van der Waals surface area contributed by atoms with Crippen LogP contribution in [-0.4, -0.2) is 4.57 Å². The molecule has 11 aromatic rings. The quantitative estimate of drug-likeness (QED) is 0.152. The van der Waals surface area contributed by atoms with Gasteiger partial charge in [-0.3, -0.25) is 0 Å². The molecule has 0 saturated heterocycles. The summed E-state index contributed by atoms with van der Waals surface area (Å²) in [6.45, 7) is 0. The van der Waals surface area contributed by atoms with Gasteiger partial charge in [0.2, 0.25) is 0 Å². The van der Waals surface area contributed by atoms with E-state index in [-0.39, 0.29) is 0 Å². The van der Waals surface area contributed by atoms with Crippen molar-refractivity contribution in [1.82, 2.24) is 4.57 Å². The molecule has 292 valence electrons. The molecule has 0 radical (unpaired) electrons. The maximum atomic E-state index is 2.50. The molecule has 0 spiro atoms. The summed E-state index contributed by atoms with van der Waals surface area (Å²) >= 11 is 0. The minimum atomic E-state index is -0.627. The Morgan fingerprint density at radius 1 is 0.323 bits per heavy atom. The first kappa shape index (κ1) is 35.8. The van der Waals surface area contributed by atoms with Gasteiger partial charge in [0, 0.05) is 44.6 Å². The van der Waals surface area contributed by atoms with E-state index in [0.29, 0.717) is 0 Å². The van der Waals surface area contributed by atoms with Crippen molar-refractivity contribution >= 4 is 66.7 Å². The summed E-state index contributed by atoms with van der Waals surface area (Å²) < 4.78 is 2.50. The van der Waals surface area contributed by atoms with Gasteiger partial charge in [-0.1, -0.05) is 170 Å². The zero-order valence-corrected chi connectivity index (χ0v) is 34.0. The van der Waals surface area contributed by atoms with Crippen LogP contribution in [-0.2, 0) is 5.41 Å². The number of hydrogen-bond acceptors (Lipinski definition) is 2. The molecular weight excluding hydrogens is 751 g/mol. The molecule has 3 heteroatoms. The van der Waals surface area contributed by atoms with E-state index in [2.05, 4.69) is 263 Å². The Morgan fingerprint density at radius 2 is 0.823 bits per heavy atom. The minimum Gasteiger partial charge on any atom is -0.311 e. The molecule has 1 unspecified atom stereocenters. The van der Waals surface area contributed by atoms with Crippen molar-refractivity contribution in [3.05, 3.63) is 271 Å². The van der Waals surface area contributed by atoms with Crippen LogP contribution in [0.25, 0.3) is 38.3 Å². The minimum absolute atomic E-state index is 0.627. The van der Waals surface area contributed by atoms with Crippen molar-refractivity contribution in [2.45, 2.75) is 5.41 Å². The summed E-state index contributed by atoms with van der Waals surface area (Å²) in [6, 6.07) is 90.8. The Hall–Kier alpha value is -8.14. The van der Waals surface area contributed by atoms with Gasteiger partial charge in [-0.25, -0.2) is 0 Å². The maximum Gasteiger partial charge on any atom is 0.0743 e. The standard InChI is InChI=1S/C59H41N3/c1-4-21-43(22-5-1)59(53-32-13-15-35-57(53)62-56-34-14-12-30-51(56)52-31-18-33-54(59)58(52)62)44-23-17-28-49(41-44)61(55-36-16-20-42-19-10-11-29-50(42)55)48-39-37-47(38-40-48)60(45-24-6-2-7-25-45)46-26-8-3-9-27-46/h1-41H. The van der Waals surface area contributed by atoms with Crippen LogP contribution in [0.1, 0.15) is 22.3 Å². The van der Waals surface area contributed by atoms with Crippen LogP contribution in [0.4, 0.5) is 34.1 Å². The first-order valence-corrected chi connectivity index (χ1v) is 21.4. The first-order valence-electron chi connectivity index (χ1n) is 21.4. The summed E-state index contributed by atoms with van der Waals surface area (Å²) in [6.07, 6.45) is 0. The Labute approximate surface area is 361 Å². The van der Waals surface area contributed by atoms with Crippen molar-refractivity contribution in [1.29, 1.82) is 0 Å². The molecular formula is C59H41N3. The smallest absolute Gasteiger partial charge is 0.0743 e. The average Bonchev–Trinajstić information content (AvgIpc) is 3.69. The lowest BCUT2D eigenvalue weighted by molar-refractivity contribution is 0.728. The van der Waals surface area contributed by atoms with Crippen LogP contribution in [0.15, 0.2) is 249 Å². The normalized spacial score (nSPS) is 14.2. The maximum absolute atomic E-state index is 2.50. The number of fused-ring (bicyclic) bond motifs is 6. The summed E-state index contributed by atoms with van der Waals surface area (Å²) in [4.78, 5) is 4.76. The predicted octanol–water partition coefficient (Wildman–Crippen LogP) is 15.6. The van der Waals surface area contributed by atoms with Crippen molar-refractivity contribution in [2.75, 3.05) is 9.80 Å². The van der Waals surface area contributed by atoms with Gasteiger partial charge < -0.3 is 14.4 Å². The second kappa shape index (κ2) is 14.5. The highest BCUT2D eigenvalue weighted by Gasteiger charge is 2.45. The molecule has 0 amide bonds. The fourth-order valence-electron chi connectivity index (χ4n) is 10.2. The van der Waals surface area contributed by atoms with Gasteiger partial charge in [-0.15, -0.1) is 0 Å². The van der Waals surface area contributed by atoms with Gasteiger partial charge in [0.25, 0.3) is 0 Å². The number of anilines is 6. The van der Waals surface area contributed by atoms with E-state index in [1.807, 2.05) is 0 Å². The molecule has 0 bridgehead atoms. The monoisotopic (exact) mass is 791 g/mol. The molecule has 12 rings (SSSR count). The van der Waals surface area contributed by atoms with Gasteiger partial charge >= 0.3 is 0 Å². The number of aromatic nitrogens is 1. The lowest BCUT2D eigenvalue weighted by Crippen LogP contribution is -2.35. The molecule has 1 atom stereocenters. The van der Waals surface area contributed by atoms with Crippen LogP contribution in [0.5, 0.6) is 0 Å². The van der Waals surface area contributed by atoms with E-state index in [1.165, 1.54) is 60.5 Å². The zero-order valence-electron chi connectivity index (χ0n) is 34.0. The van der Waals surface area contributed by atoms with Gasteiger partial charge in [-0.05, 0) is 107 Å². The van der Waals surface area contributed by atoms with Crippen LogP contribution >= 0.6 is 0 Å². The second-order valence-corrected chi connectivity index (χ2v) is 16.1. The molecule has 1 aromatic heterocycles. The molecule has 10 aromatic carbocycles. The Balaban J connectivity index is 1.11. The van der Waals surface area contributed by atoms with Gasteiger partial charge in [0.1, 0.15) is 0 Å². The Morgan fingerprint density at radius 3 is 1.58 bits per heavy atom. The van der Waals surface area contributed by atoms with E-state index >= 15 is 0 Å². The highest BCUT2D eigenvalue weighted by molar-refractivity contribution is 6.12. The number of hydrogen-bond donors (Lipinski definition) is 0. The van der Waals surface area contributed by atoms with E-state index < -0.39 is 5.41 Å². The van der Waals surface area contributed by atoms with E-state index in [4.69, 9.17) is 0 Å². The van der Waals surface area contributed by atoms with Crippen LogP contribution in [0.2, 0.25) is 0 Å². The largest absolute Gasteiger partial charge is 0.311 e. The zero-order chi connectivity index (χ0) is 41.0. The molecule has 0 aliphatic carbocycles. The SMILES string of the molecule is c1ccc(N(c2ccccc2)c2ccc(N(c3cccc(C4(c5ccccc5)c5ccccc5-n5c6ccccc6c6cccc4c65)c3)c3cccc4ccccc34)cc2)cc1. The van der Waals surface area contributed by atoms with Crippen molar-refractivity contribution in [2.24, 2.45) is 0 Å². The van der Waals surface area contributed by atoms with Crippen molar-refractivity contribution in [3.63, 3.8) is 0 Å². The fraction of sp³-hybridized carbons (Fsp3) is 0.0169. The van der Waals surface area contributed by atoms with Crippen LogP contribution in [0.3, 0.4) is 0 Å². The summed E-state index contributed by atoms with van der Waals surface area (Å²) in [5.41, 5.74) is 14.6. The Bertz CT molecular complexity index is 3370. The van der Waals surface area contributed by atoms with Crippen LogP contribution in [0, 0.1) is 0 Å². The lowest BCUT2D eigenvalue weighted by Gasteiger charge is -2.42. The average molecular weight is 792 g/mol. The molecule has 0 N–H and O–H groups in total. The third-order valence-electron chi connectivity index (χ3n) is 12.8. The van der Waals surface area contributed by atoms with Crippen LogP contribution < -0.4 is 9.80 Å². The third kappa shape index (κ3) is 5.45. The highest BCUT2D eigenvalue weighted by Crippen LogP contribution is 2.55. The second-order valence-electron chi connectivity index (χ2n) is 16.1. The summed E-state index contributed by atoms with van der Waals surface area (Å²) in [5.74, 6) is 0. The molecule has 0 saturated carbocycles. The van der Waals surface area contributed by atoms with E-state index in [9.17, 15) is 0 Å². The molecule has 1 aliphatic heterocycles. The fourth-order valence-corrected chi connectivity index (χ4v) is 10.2. The number of nitrogens with zero attached hydrogens (tertiary/aromatic N) is 3. The molecule has 0 fully saturated rings. The number of rotatable bonds is 8. The molecule has 1 aliphatic rings. The third-order valence-corrected chi connectivity index (χ3v) is 12.8. The lowest BCUT2D eigenvalue weighted by atomic mass is 9.63. The first-order chi connectivity index (χ1) is 30.8. The summed E-state index contributed by atoms with van der Waals surface area (Å²) in [5, 5.41) is 4.92. The molecule has 62 heavy (non-hydrogen) atoms. The van der Waals surface area contributed by atoms with Crippen molar-refractivity contribution < 1.29 is 0 Å². The Kier molecular flexibility index (Phi) is 8.39. The van der Waals surface area contributed by atoms with Gasteiger partial charge in [0.05, 0.1) is 27.8 Å². The number of para-hydroxylation sites is 5. The topological polar surface area (TPSA) is 11.4 Å².